The molecular weight excluding hydrogens is 328 g/mol. The van der Waals surface area contributed by atoms with E-state index in [0.717, 1.165) is 25.1 Å². The van der Waals surface area contributed by atoms with E-state index < -0.39 is 5.60 Å². The zero-order valence-electron chi connectivity index (χ0n) is 16.0. The van der Waals surface area contributed by atoms with Crippen molar-refractivity contribution in [3.8, 4) is 0 Å². The smallest absolute Gasteiger partial charge is 0.251 e. The maximum absolute atomic E-state index is 12.6. The third-order valence-electron chi connectivity index (χ3n) is 5.47. The molecular formula is C21H32N2O3. The van der Waals surface area contributed by atoms with Crippen molar-refractivity contribution in [3.63, 3.8) is 0 Å². The minimum atomic E-state index is -0.665. The molecule has 3 rings (SSSR count). The van der Waals surface area contributed by atoms with Gasteiger partial charge >= 0.3 is 0 Å². The Morgan fingerprint density at radius 1 is 1.19 bits per heavy atom. The zero-order chi connectivity index (χ0) is 18.6. The summed E-state index contributed by atoms with van der Waals surface area (Å²) in [6.07, 6.45) is 5.29. The van der Waals surface area contributed by atoms with Gasteiger partial charge in [-0.3, -0.25) is 9.69 Å². The molecule has 0 spiro atoms. The van der Waals surface area contributed by atoms with Crippen LogP contribution in [0.1, 0.15) is 55.5 Å². The molecule has 1 aromatic rings. The van der Waals surface area contributed by atoms with Crippen LogP contribution in [0.4, 0.5) is 0 Å². The topological polar surface area (TPSA) is 61.8 Å². The fraction of sp³-hybridized carbons (Fsp3) is 0.667. The molecule has 5 heteroatoms. The molecule has 2 heterocycles. The third-order valence-corrected chi connectivity index (χ3v) is 5.47. The number of rotatable bonds is 6. The molecule has 0 radical (unpaired) electrons. The van der Waals surface area contributed by atoms with Gasteiger partial charge in [-0.1, -0.05) is 18.6 Å². The summed E-state index contributed by atoms with van der Waals surface area (Å²) in [7, 11) is 0. The van der Waals surface area contributed by atoms with Gasteiger partial charge in [0, 0.05) is 5.56 Å². The Morgan fingerprint density at radius 3 is 2.54 bits per heavy atom. The van der Waals surface area contributed by atoms with Crippen molar-refractivity contribution in [3.05, 3.63) is 35.4 Å². The number of hydrogen-bond donors (Lipinski definition) is 2. The van der Waals surface area contributed by atoms with Gasteiger partial charge in [0.05, 0.1) is 30.9 Å². The molecule has 2 aliphatic heterocycles. The van der Waals surface area contributed by atoms with Gasteiger partial charge in [0.25, 0.3) is 5.91 Å². The number of nitrogens with zero attached hydrogens (tertiary/aromatic N) is 1. The highest BCUT2D eigenvalue weighted by Crippen LogP contribution is 2.19. The number of benzene rings is 1. The molecule has 1 aromatic carbocycles. The lowest BCUT2D eigenvalue weighted by atomic mass is 9.98. The number of aryl methyl sites for hydroxylation is 1. The number of ether oxygens (including phenoxy) is 1. The molecule has 1 amide bonds. The molecule has 0 aromatic heterocycles. The van der Waals surface area contributed by atoms with E-state index in [9.17, 15) is 9.90 Å². The van der Waals surface area contributed by atoms with Gasteiger partial charge in [-0.25, -0.2) is 0 Å². The number of piperidine rings is 1. The first-order chi connectivity index (χ1) is 12.4. The Labute approximate surface area is 156 Å². The number of carbonyl (C=O) groups is 1. The van der Waals surface area contributed by atoms with Gasteiger partial charge in [-0.2, -0.15) is 0 Å². The van der Waals surface area contributed by atoms with Crippen LogP contribution in [0.15, 0.2) is 24.3 Å². The van der Waals surface area contributed by atoms with Gasteiger partial charge in [-0.05, 0) is 70.3 Å². The Morgan fingerprint density at radius 2 is 1.88 bits per heavy atom. The second-order valence-corrected chi connectivity index (χ2v) is 8.29. The molecule has 0 saturated carbocycles. The summed E-state index contributed by atoms with van der Waals surface area (Å²) in [5, 5.41) is 13.0. The number of nitrogens with one attached hydrogen (secondary N) is 1. The minimum absolute atomic E-state index is 0.0310. The molecule has 5 nitrogen and oxygen atoms in total. The van der Waals surface area contributed by atoms with Crippen molar-refractivity contribution in [2.24, 2.45) is 0 Å². The van der Waals surface area contributed by atoms with Gasteiger partial charge in [0.15, 0.2) is 0 Å². The van der Waals surface area contributed by atoms with E-state index in [2.05, 4.69) is 10.2 Å². The van der Waals surface area contributed by atoms with Crippen LogP contribution >= 0.6 is 0 Å². The van der Waals surface area contributed by atoms with Gasteiger partial charge in [-0.15, -0.1) is 0 Å². The summed E-state index contributed by atoms with van der Waals surface area (Å²) < 4.78 is 5.66. The van der Waals surface area contributed by atoms with E-state index in [4.69, 9.17) is 4.74 Å². The van der Waals surface area contributed by atoms with Crippen LogP contribution in [0.25, 0.3) is 0 Å². The highest BCUT2D eigenvalue weighted by Gasteiger charge is 2.34. The van der Waals surface area contributed by atoms with Crippen molar-refractivity contribution in [2.75, 3.05) is 26.3 Å². The maximum atomic E-state index is 12.6. The third kappa shape index (κ3) is 5.29. The molecule has 2 aliphatic rings. The minimum Gasteiger partial charge on any atom is -0.390 e. The van der Waals surface area contributed by atoms with Crippen molar-refractivity contribution in [1.29, 1.82) is 0 Å². The van der Waals surface area contributed by atoms with Gasteiger partial charge in [0.2, 0.25) is 0 Å². The predicted molar refractivity (Wildman–Crippen MR) is 102 cm³/mol. The molecule has 0 bridgehead atoms. The zero-order valence-corrected chi connectivity index (χ0v) is 16.0. The molecule has 26 heavy (non-hydrogen) atoms. The SMILES string of the molecule is CC(C)(O)CCc1ccc(C(=O)N[C@@H]2COC[C@H]2N2CCCCC2)cc1. The van der Waals surface area contributed by atoms with Gasteiger partial charge < -0.3 is 15.2 Å². The van der Waals surface area contributed by atoms with Gasteiger partial charge in [0.1, 0.15) is 0 Å². The first kappa shape index (κ1) is 19.3. The number of amides is 1. The van der Waals surface area contributed by atoms with E-state index >= 15 is 0 Å². The molecule has 2 saturated heterocycles. The highest BCUT2D eigenvalue weighted by molar-refractivity contribution is 5.94. The lowest BCUT2D eigenvalue weighted by Crippen LogP contribution is -2.52. The Hall–Kier alpha value is -1.43. The fourth-order valence-electron chi connectivity index (χ4n) is 3.82. The van der Waals surface area contributed by atoms with E-state index in [1.54, 1.807) is 0 Å². The maximum Gasteiger partial charge on any atom is 0.251 e. The van der Waals surface area contributed by atoms with E-state index in [0.29, 0.717) is 31.2 Å². The normalized spacial score (nSPS) is 24.6. The van der Waals surface area contributed by atoms with Crippen molar-refractivity contribution >= 4 is 5.91 Å². The summed E-state index contributed by atoms with van der Waals surface area (Å²) in [6.45, 7) is 7.15. The number of carbonyl (C=O) groups excluding carboxylic acids is 1. The Bertz CT molecular complexity index is 588. The molecule has 2 atom stereocenters. The van der Waals surface area contributed by atoms with E-state index in [-0.39, 0.29) is 11.9 Å². The van der Waals surface area contributed by atoms with Crippen LogP contribution in [0, 0.1) is 0 Å². The molecule has 0 aliphatic carbocycles. The number of hydrogen-bond acceptors (Lipinski definition) is 4. The second kappa shape index (κ2) is 8.51. The molecule has 2 N–H and O–H groups in total. The summed E-state index contributed by atoms with van der Waals surface area (Å²) in [5.41, 5.74) is 1.16. The average Bonchev–Trinajstić information content (AvgIpc) is 3.08. The lowest BCUT2D eigenvalue weighted by molar-refractivity contribution is 0.0713. The largest absolute Gasteiger partial charge is 0.390 e. The van der Waals surface area contributed by atoms with Crippen molar-refractivity contribution in [1.82, 2.24) is 10.2 Å². The summed E-state index contributed by atoms with van der Waals surface area (Å²) in [5.74, 6) is -0.0310. The van der Waals surface area contributed by atoms with Crippen LogP contribution in [0.5, 0.6) is 0 Å². The number of likely N-dealkylation sites (tertiary alicyclic amines) is 1. The second-order valence-electron chi connectivity index (χ2n) is 8.29. The molecule has 144 valence electrons. The predicted octanol–water partition coefficient (Wildman–Crippen LogP) is 2.37. The molecule has 2 fully saturated rings. The van der Waals surface area contributed by atoms with Crippen LogP contribution in [-0.2, 0) is 11.2 Å². The first-order valence-electron chi connectivity index (χ1n) is 9.86. The van der Waals surface area contributed by atoms with E-state index in [1.807, 2.05) is 38.1 Å². The quantitative estimate of drug-likeness (QED) is 0.818. The monoisotopic (exact) mass is 360 g/mol. The summed E-state index contributed by atoms with van der Waals surface area (Å²) in [6, 6.07) is 8.07. The van der Waals surface area contributed by atoms with Crippen molar-refractivity contribution in [2.45, 2.75) is 63.6 Å². The average molecular weight is 360 g/mol. The molecule has 0 unspecified atom stereocenters. The summed E-state index contributed by atoms with van der Waals surface area (Å²) >= 11 is 0. The van der Waals surface area contributed by atoms with Crippen LogP contribution < -0.4 is 5.32 Å². The summed E-state index contributed by atoms with van der Waals surface area (Å²) in [4.78, 5) is 15.1. The van der Waals surface area contributed by atoms with E-state index in [1.165, 1.54) is 19.3 Å². The first-order valence-corrected chi connectivity index (χ1v) is 9.86. The van der Waals surface area contributed by atoms with Crippen LogP contribution in [-0.4, -0.2) is 59.9 Å². The standard InChI is InChI=1S/C21H32N2O3/c1-21(2,25)11-10-16-6-8-17(9-7-16)20(24)22-18-14-26-15-19(18)23-12-4-3-5-13-23/h6-9,18-19,25H,3-5,10-15H2,1-2H3,(H,22,24)/t18-,19-/m1/s1. The lowest BCUT2D eigenvalue weighted by Gasteiger charge is -2.34. The fourth-order valence-corrected chi connectivity index (χ4v) is 3.82. The Kier molecular flexibility index (Phi) is 6.33. The Balaban J connectivity index is 1.55. The number of aliphatic hydroxyl groups is 1. The van der Waals surface area contributed by atoms with Crippen LogP contribution in [0.3, 0.4) is 0 Å². The highest BCUT2D eigenvalue weighted by atomic mass is 16.5. The van der Waals surface area contributed by atoms with Crippen LogP contribution in [0.2, 0.25) is 0 Å². The van der Waals surface area contributed by atoms with Crippen molar-refractivity contribution < 1.29 is 14.6 Å².